The Morgan fingerprint density at radius 3 is 2.65 bits per heavy atom. The summed E-state index contributed by atoms with van der Waals surface area (Å²) in [5.41, 5.74) is 2.52. The van der Waals surface area contributed by atoms with Crippen LogP contribution in [0, 0.1) is 6.92 Å². The Morgan fingerprint density at radius 2 is 1.85 bits per heavy atom. The van der Waals surface area contributed by atoms with Gasteiger partial charge in [-0.15, -0.1) is 0 Å². The van der Waals surface area contributed by atoms with Crippen LogP contribution in [-0.4, -0.2) is 65.5 Å². The molecule has 1 aromatic carbocycles. The zero-order chi connectivity index (χ0) is 18.1. The topological polar surface area (TPSA) is 65.6 Å². The number of aromatic nitrogens is 1. The first-order valence-corrected chi connectivity index (χ1v) is 9.42. The second kappa shape index (κ2) is 7.11. The normalized spacial score (nSPS) is 21.2. The van der Waals surface area contributed by atoms with Gasteiger partial charge >= 0.3 is 0 Å². The number of carbonyl (C=O) groups excluding carboxylic acids is 2. The van der Waals surface area contributed by atoms with Crippen LogP contribution in [-0.2, 0) is 9.53 Å². The highest BCUT2D eigenvalue weighted by molar-refractivity contribution is 6.08. The number of aryl methyl sites for hydroxylation is 1. The smallest absolute Gasteiger partial charge is 0.256 e. The number of fused-ring (bicyclic) bond motifs is 1. The van der Waals surface area contributed by atoms with Gasteiger partial charge in [-0.05, 0) is 32.3 Å². The molecule has 0 bridgehead atoms. The molecule has 3 heterocycles. The number of hydrogen-bond acceptors (Lipinski definition) is 3. The summed E-state index contributed by atoms with van der Waals surface area (Å²) in [6, 6.07) is 7.83. The molecule has 2 aliphatic rings. The molecule has 1 unspecified atom stereocenters. The number of para-hydroxylation sites is 1. The maximum atomic E-state index is 13.2. The van der Waals surface area contributed by atoms with Gasteiger partial charge < -0.3 is 19.5 Å². The van der Waals surface area contributed by atoms with Crippen molar-refractivity contribution in [2.45, 2.75) is 32.3 Å². The zero-order valence-electron chi connectivity index (χ0n) is 15.2. The second-order valence-corrected chi connectivity index (χ2v) is 7.17. The second-order valence-electron chi connectivity index (χ2n) is 7.17. The van der Waals surface area contributed by atoms with Crippen LogP contribution in [0.25, 0.3) is 10.9 Å². The summed E-state index contributed by atoms with van der Waals surface area (Å²) in [5.74, 6) is -0.00228. The van der Waals surface area contributed by atoms with Crippen LogP contribution in [0.4, 0.5) is 0 Å². The van der Waals surface area contributed by atoms with E-state index in [2.05, 4.69) is 4.98 Å². The number of piperidine rings is 1. The van der Waals surface area contributed by atoms with Gasteiger partial charge in [0.2, 0.25) is 0 Å². The fraction of sp³-hybridized carbons (Fsp3) is 0.500. The molecule has 1 N–H and O–H groups in total. The summed E-state index contributed by atoms with van der Waals surface area (Å²) < 4.78 is 5.72. The van der Waals surface area contributed by atoms with Crippen molar-refractivity contribution in [2.75, 3.05) is 32.8 Å². The van der Waals surface area contributed by atoms with Crippen molar-refractivity contribution in [1.29, 1.82) is 0 Å². The molecular weight excluding hydrogens is 330 g/mol. The first-order chi connectivity index (χ1) is 12.6. The molecule has 2 amide bonds. The van der Waals surface area contributed by atoms with Crippen LogP contribution in [0.3, 0.4) is 0 Å². The molecule has 2 aliphatic heterocycles. The van der Waals surface area contributed by atoms with Crippen LogP contribution >= 0.6 is 0 Å². The minimum Gasteiger partial charge on any atom is -0.365 e. The Kier molecular flexibility index (Phi) is 4.68. The van der Waals surface area contributed by atoms with Crippen LogP contribution in [0.5, 0.6) is 0 Å². The molecule has 4 rings (SSSR count). The van der Waals surface area contributed by atoms with Gasteiger partial charge in [0.1, 0.15) is 0 Å². The SMILES string of the molecule is Cc1[nH]c2ccccc2c1C(=O)N1CCOC(C(=O)N2CCCCC2)C1. The number of hydrogen-bond donors (Lipinski definition) is 1. The Hall–Kier alpha value is -2.34. The van der Waals surface area contributed by atoms with E-state index in [0.29, 0.717) is 25.3 Å². The van der Waals surface area contributed by atoms with Gasteiger partial charge in [-0.1, -0.05) is 18.2 Å². The summed E-state index contributed by atoms with van der Waals surface area (Å²) in [4.78, 5) is 32.8. The van der Waals surface area contributed by atoms with E-state index in [1.807, 2.05) is 36.1 Å². The van der Waals surface area contributed by atoms with Crippen LogP contribution in [0.1, 0.15) is 35.3 Å². The highest BCUT2D eigenvalue weighted by atomic mass is 16.5. The lowest BCUT2D eigenvalue weighted by Gasteiger charge is -2.36. The van der Waals surface area contributed by atoms with E-state index < -0.39 is 6.10 Å². The number of ether oxygens (including phenoxy) is 1. The lowest BCUT2D eigenvalue weighted by Crippen LogP contribution is -2.53. The monoisotopic (exact) mass is 355 g/mol. The average Bonchev–Trinajstić information content (AvgIpc) is 3.03. The first kappa shape index (κ1) is 17.1. The molecule has 2 fully saturated rings. The highest BCUT2D eigenvalue weighted by Crippen LogP contribution is 2.24. The standard InChI is InChI=1S/C20H25N3O3/c1-14-18(15-7-3-4-8-16(15)21-14)20(25)23-11-12-26-17(13-23)19(24)22-9-5-2-6-10-22/h3-4,7-8,17,21H,2,5-6,9-13H2,1H3. The molecule has 0 radical (unpaired) electrons. The maximum absolute atomic E-state index is 13.2. The number of benzene rings is 1. The summed E-state index contributed by atoms with van der Waals surface area (Å²) in [5, 5.41) is 0.931. The van der Waals surface area contributed by atoms with E-state index >= 15 is 0 Å². The predicted molar refractivity (Wildman–Crippen MR) is 99.1 cm³/mol. The van der Waals surface area contributed by atoms with Gasteiger partial charge in [-0.2, -0.15) is 0 Å². The highest BCUT2D eigenvalue weighted by Gasteiger charge is 2.34. The molecule has 6 nitrogen and oxygen atoms in total. The maximum Gasteiger partial charge on any atom is 0.256 e. The minimum atomic E-state index is -0.545. The third kappa shape index (κ3) is 3.09. The fourth-order valence-electron chi connectivity index (χ4n) is 4.01. The molecule has 6 heteroatoms. The molecule has 0 spiro atoms. The molecule has 2 saturated heterocycles. The van der Waals surface area contributed by atoms with Gasteiger partial charge in [-0.25, -0.2) is 0 Å². The van der Waals surface area contributed by atoms with E-state index in [1.54, 1.807) is 4.90 Å². The fourth-order valence-corrected chi connectivity index (χ4v) is 4.01. The van der Waals surface area contributed by atoms with Crippen molar-refractivity contribution >= 4 is 22.7 Å². The van der Waals surface area contributed by atoms with Crippen molar-refractivity contribution < 1.29 is 14.3 Å². The number of rotatable bonds is 2. The Morgan fingerprint density at radius 1 is 1.08 bits per heavy atom. The number of amides is 2. The van der Waals surface area contributed by atoms with E-state index in [-0.39, 0.29) is 11.8 Å². The molecule has 1 aromatic heterocycles. The van der Waals surface area contributed by atoms with Crippen molar-refractivity contribution in [3.05, 3.63) is 35.5 Å². The van der Waals surface area contributed by atoms with E-state index in [9.17, 15) is 9.59 Å². The van der Waals surface area contributed by atoms with Crippen LogP contribution in [0.2, 0.25) is 0 Å². The average molecular weight is 355 g/mol. The zero-order valence-corrected chi connectivity index (χ0v) is 15.2. The van der Waals surface area contributed by atoms with E-state index in [0.717, 1.165) is 42.5 Å². The first-order valence-electron chi connectivity index (χ1n) is 9.42. The Labute approximate surface area is 153 Å². The van der Waals surface area contributed by atoms with Crippen molar-refractivity contribution in [1.82, 2.24) is 14.8 Å². The van der Waals surface area contributed by atoms with Gasteiger partial charge in [0.15, 0.2) is 6.10 Å². The molecule has 26 heavy (non-hydrogen) atoms. The third-order valence-electron chi connectivity index (χ3n) is 5.40. The van der Waals surface area contributed by atoms with Crippen LogP contribution < -0.4 is 0 Å². The van der Waals surface area contributed by atoms with Gasteiger partial charge in [0.25, 0.3) is 11.8 Å². The Balaban J connectivity index is 1.52. The number of nitrogens with zero attached hydrogens (tertiary/aromatic N) is 2. The molecule has 0 aliphatic carbocycles. The number of carbonyl (C=O) groups is 2. The van der Waals surface area contributed by atoms with Gasteiger partial charge in [0, 0.05) is 36.2 Å². The summed E-state index contributed by atoms with van der Waals surface area (Å²) in [7, 11) is 0. The molecule has 138 valence electrons. The van der Waals surface area contributed by atoms with Gasteiger partial charge in [0.05, 0.1) is 18.7 Å². The van der Waals surface area contributed by atoms with Crippen molar-refractivity contribution in [3.63, 3.8) is 0 Å². The lowest BCUT2D eigenvalue weighted by molar-refractivity contribution is -0.149. The summed E-state index contributed by atoms with van der Waals surface area (Å²) in [6.45, 7) is 4.76. The molecular formula is C20H25N3O3. The molecule has 2 aromatic rings. The van der Waals surface area contributed by atoms with Gasteiger partial charge in [-0.3, -0.25) is 9.59 Å². The van der Waals surface area contributed by atoms with Crippen LogP contribution in [0.15, 0.2) is 24.3 Å². The summed E-state index contributed by atoms with van der Waals surface area (Å²) >= 11 is 0. The number of nitrogens with one attached hydrogen (secondary N) is 1. The van der Waals surface area contributed by atoms with E-state index in [1.165, 1.54) is 6.42 Å². The largest absolute Gasteiger partial charge is 0.365 e. The number of likely N-dealkylation sites (tertiary alicyclic amines) is 1. The molecule has 0 saturated carbocycles. The molecule has 1 atom stereocenters. The Bertz CT molecular complexity index is 823. The summed E-state index contributed by atoms with van der Waals surface area (Å²) in [6.07, 6.45) is 2.74. The minimum absolute atomic E-state index is 0.0258. The number of H-pyrrole nitrogens is 1. The van der Waals surface area contributed by atoms with E-state index in [4.69, 9.17) is 4.74 Å². The quantitative estimate of drug-likeness (QED) is 0.899. The number of aromatic amines is 1. The predicted octanol–water partition coefficient (Wildman–Crippen LogP) is 2.33. The third-order valence-corrected chi connectivity index (χ3v) is 5.40. The lowest BCUT2D eigenvalue weighted by atomic mass is 10.1. The van der Waals surface area contributed by atoms with Crippen molar-refractivity contribution in [2.24, 2.45) is 0 Å². The number of morpholine rings is 1. The van der Waals surface area contributed by atoms with Crippen molar-refractivity contribution in [3.8, 4) is 0 Å².